The third-order valence-electron chi connectivity index (χ3n) is 10.9. The highest BCUT2D eigenvalue weighted by Gasteiger charge is 2.39. The van der Waals surface area contributed by atoms with Gasteiger partial charge in [0.1, 0.15) is 29.6 Å². The number of likely N-dealkylation sites (tertiary alicyclic amines) is 2. The lowest BCUT2D eigenvalue weighted by Gasteiger charge is -2.30. The summed E-state index contributed by atoms with van der Waals surface area (Å²) in [5.41, 5.74) is 4.69. The smallest absolute Gasteiger partial charge is 0.407 e. The van der Waals surface area contributed by atoms with E-state index in [-0.39, 0.29) is 29.8 Å². The van der Waals surface area contributed by atoms with Gasteiger partial charge in [0.25, 0.3) is 0 Å². The zero-order valence-corrected chi connectivity index (χ0v) is 30.9. The normalized spacial score (nSPS) is 18.9. The van der Waals surface area contributed by atoms with E-state index in [1.165, 1.54) is 7.11 Å². The number of carbonyl (C=O) groups excluding carboxylic acids is 3. The molecule has 53 heavy (non-hydrogen) atoms. The monoisotopic (exact) mass is 721 g/mol. The number of oxazole rings is 2. The van der Waals surface area contributed by atoms with Crippen LogP contribution in [0.4, 0.5) is 4.79 Å². The van der Waals surface area contributed by atoms with Crippen LogP contribution in [-0.4, -0.2) is 63.9 Å². The Kier molecular flexibility index (Phi) is 10.4. The average molecular weight is 722 g/mol. The molecule has 0 aliphatic carbocycles. The second kappa shape index (κ2) is 15.3. The molecule has 5 heterocycles. The van der Waals surface area contributed by atoms with E-state index in [4.69, 9.17) is 18.3 Å². The van der Waals surface area contributed by atoms with Gasteiger partial charge in [-0.25, -0.2) is 14.8 Å². The highest BCUT2D eigenvalue weighted by molar-refractivity contribution is 5.86. The molecule has 1 N–H and O–H groups in total. The topological polar surface area (TPSA) is 140 Å². The molecule has 2 saturated heterocycles. The number of alkyl carbamates (subject to hydrolysis) is 1. The number of fused-ring (bicyclic) bond motifs is 2. The molecule has 0 unspecified atom stereocenters. The van der Waals surface area contributed by atoms with Crippen LogP contribution in [-0.2, 0) is 20.7 Å². The number of methoxy groups -OCH3 is 1. The van der Waals surface area contributed by atoms with E-state index in [0.29, 0.717) is 49.2 Å². The van der Waals surface area contributed by atoms with Crippen molar-refractivity contribution in [3.63, 3.8) is 0 Å². The lowest BCUT2D eigenvalue weighted by molar-refractivity contribution is -0.136. The Balaban J connectivity index is 1.04. The molecule has 2 aromatic carbocycles. The van der Waals surface area contributed by atoms with E-state index in [9.17, 15) is 14.4 Å². The van der Waals surface area contributed by atoms with Crippen molar-refractivity contribution in [2.75, 3.05) is 20.2 Å². The summed E-state index contributed by atoms with van der Waals surface area (Å²) in [6, 6.07) is 10.8. The van der Waals surface area contributed by atoms with Crippen LogP contribution in [0.25, 0.3) is 22.6 Å². The van der Waals surface area contributed by atoms with Gasteiger partial charge >= 0.3 is 6.09 Å². The molecule has 2 aromatic heterocycles. The van der Waals surface area contributed by atoms with Crippen LogP contribution in [0, 0.1) is 5.92 Å². The van der Waals surface area contributed by atoms with Crippen molar-refractivity contribution >= 4 is 17.9 Å². The van der Waals surface area contributed by atoms with Gasteiger partial charge in [-0.3, -0.25) is 9.59 Å². The van der Waals surface area contributed by atoms with E-state index in [2.05, 4.69) is 27.9 Å². The van der Waals surface area contributed by atoms with Gasteiger partial charge in [-0.15, -0.1) is 0 Å². The first-order valence-corrected chi connectivity index (χ1v) is 18.6. The number of ether oxygens (including phenoxy) is 2. The van der Waals surface area contributed by atoms with Gasteiger partial charge in [0.2, 0.25) is 23.6 Å². The van der Waals surface area contributed by atoms with E-state index >= 15 is 0 Å². The number of hydrogen-bond donors (Lipinski definition) is 1. The summed E-state index contributed by atoms with van der Waals surface area (Å²) < 4.78 is 23.7. The molecule has 3 aliphatic rings. The standard InChI is InChI=1S/C41H47N5O7/c1-6-24(3)18-36(47)45-16-8-10-30(45)38-42-23-35(53-38)28-13-12-26-19-29-20-27(14-15-32(29)51-33(26)21-28)34-22-43-39(52-34)31-11-9-17-46(31)40(48)37(25(4)7-2)44-41(49)50-5/h12-15,20-23,25,30-31,37H,3,6-11,16-19H2,1-2,4-5H3,(H,44,49)/t25-,30-,31-,37-/m0/s1. The highest BCUT2D eigenvalue weighted by Crippen LogP contribution is 2.42. The minimum atomic E-state index is -0.702. The maximum Gasteiger partial charge on any atom is 0.407 e. The van der Waals surface area contributed by atoms with Gasteiger partial charge in [0, 0.05) is 42.6 Å². The second-order valence-corrected chi connectivity index (χ2v) is 14.3. The lowest BCUT2D eigenvalue weighted by atomic mass is 9.96. The van der Waals surface area contributed by atoms with Crippen molar-refractivity contribution in [2.24, 2.45) is 5.92 Å². The number of nitrogens with one attached hydrogen (secondary N) is 1. The summed E-state index contributed by atoms with van der Waals surface area (Å²) in [5.74, 6) is 3.61. The van der Waals surface area contributed by atoms with Gasteiger partial charge in [0.05, 0.1) is 19.5 Å². The highest BCUT2D eigenvalue weighted by atomic mass is 16.5. The summed E-state index contributed by atoms with van der Waals surface area (Å²) >= 11 is 0. The molecule has 278 valence electrons. The molecular formula is C41H47N5O7. The molecule has 4 aromatic rings. The van der Waals surface area contributed by atoms with Crippen LogP contribution in [0.1, 0.15) is 101 Å². The summed E-state index contributed by atoms with van der Waals surface area (Å²) in [4.78, 5) is 51.5. The van der Waals surface area contributed by atoms with E-state index in [1.807, 2.05) is 56.0 Å². The number of nitrogens with zero attached hydrogens (tertiary/aromatic N) is 4. The number of benzene rings is 2. The van der Waals surface area contributed by atoms with Crippen molar-refractivity contribution in [3.8, 4) is 34.1 Å². The maximum atomic E-state index is 13.7. The number of amides is 3. The number of aromatic nitrogens is 2. The zero-order chi connectivity index (χ0) is 37.2. The van der Waals surface area contributed by atoms with Crippen LogP contribution in [0.2, 0.25) is 0 Å². The second-order valence-electron chi connectivity index (χ2n) is 14.3. The summed E-state index contributed by atoms with van der Waals surface area (Å²) in [6.07, 6.45) is 8.58. The molecule has 4 atom stereocenters. The molecule has 0 radical (unpaired) electrons. The summed E-state index contributed by atoms with van der Waals surface area (Å²) in [7, 11) is 1.29. The van der Waals surface area contributed by atoms with E-state index in [1.54, 1.807) is 17.3 Å². The Hall–Kier alpha value is -5.39. The predicted octanol–water partition coefficient (Wildman–Crippen LogP) is 8.15. The Labute approximate surface area is 309 Å². The van der Waals surface area contributed by atoms with Crippen molar-refractivity contribution in [3.05, 3.63) is 83.9 Å². The van der Waals surface area contributed by atoms with Gasteiger partial charge in [-0.2, -0.15) is 0 Å². The van der Waals surface area contributed by atoms with E-state index in [0.717, 1.165) is 77.9 Å². The molecule has 12 heteroatoms. The molecular weight excluding hydrogens is 674 g/mol. The van der Waals surface area contributed by atoms with Crippen LogP contribution < -0.4 is 10.1 Å². The molecule has 12 nitrogen and oxygen atoms in total. The molecule has 0 saturated carbocycles. The first-order valence-electron chi connectivity index (χ1n) is 18.6. The maximum absolute atomic E-state index is 13.7. The Morgan fingerprint density at radius 3 is 2.21 bits per heavy atom. The average Bonchev–Trinajstić information content (AvgIpc) is 4.01. The Morgan fingerprint density at radius 2 is 1.55 bits per heavy atom. The van der Waals surface area contributed by atoms with Crippen molar-refractivity contribution < 1.29 is 32.7 Å². The molecule has 7 rings (SSSR count). The fraction of sp³-hybridized carbons (Fsp3) is 0.439. The number of rotatable bonds is 11. The molecule has 3 amide bonds. The van der Waals surface area contributed by atoms with Crippen molar-refractivity contribution in [1.29, 1.82) is 0 Å². The minimum Gasteiger partial charge on any atom is -0.457 e. The van der Waals surface area contributed by atoms with Gasteiger partial charge in [-0.1, -0.05) is 51.5 Å². The SMILES string of the molecule is C=C(CC)CC(=O)N1CCC[C@H]1c1ncc(-c2ccc3c(c2)Oc2ccc(-c4cnc([C@@H]5CCCN5C(=O)[C@@H](NC(=O)OC)[C@@H](C)CC)o4)cc2C3)o1. The lowest BCUT2D eigenvalue weighted by Crippen LogP contribution is -2.51. The zero-order valence-electron chi connectivity index (χ0n) is 30.9. The van der Waals surface area contributed by atoms with Crippen LogP contribution in [0.15, 0.2) is 69.8 Å². The first-order chi connectivity index (χ1) is 25.7. The molecule has 3 aliphatic heterocycles. The van der Waals surface area contributed by atoms with Crippen molar-refractivity contribution in [2.45, 2.75) is 90.3 Å². The summed E-state index contributed by atoms with van der Waals surface area (Å²) in [6.45, 7) is 11.2. The predicted molar refractivity (Wildman–Crippen MR) is 197 cm³/mol. The minimum absolute atomic E-state index is 0.0702. The molecule has 0 spiro atoms. The van der Waals surface area contributed by atoms with Gasteiger partial charge in [0.15, 0.2) is 11.5 Å². The van der Waals surface area contributed by atoms with Crippen LogP contribution in [0.3, 0.4) is 0 Å². The quantitative estimate of drug-likeness (QED) is 0.134. The molecule has 2 fully saturated rings. The fourth-order valence-corrected chi connectivity index (χ4v) is 7.49. The fourth-order valence-electron chi connectivity index (χ4n) is 7.49. The first kappa shape index (κ1) is 36.0. The Bertz CT molecular complexity index is 2020. The Morgan fingerprint density at radius 1 is 0.906 bits per heavy atom. The number of hydrogen-bond acceptors (Lipinski definition) is 9. The van der Waals surface area contributed by atoms with Crippen LogP contribution in [0.5, 0.6) is 11.5 Å². The van der Waals surface area contributed by atoms with Crippen LogP contribution >= 0.6 is 0 Å². The van der Waals surface area contributed by atoms with Gasteiger partial charge < -0.3 is 33.4 Å². The largest absolute Gasteiger partial charge is 0.457 e. The van der Waals surface area contributed by atoms with Crippen molar-refractivity contribution in [1.82, 2.24) is 25.1 Å². The van der Waals surface area contributed by atoms with E-state index < -0.39 is 12.1 Å². The number of carbonyl (C=O) groups is 3. The van der Waals surface area contributed by atoms with Gasteiger partial charge in [-0.05, 0) is 67.9 Å². The third kappa shape index (κ3) is 7.31. The summed E-state index contributed by atoms with van der Waals surface area (Å²) in [5, 5.41) is 2.73. The third-order valence-corrected chi connectivity index (χ3v) is 10.9. The molecule has 0 bridgehead atoms.